The summed E-state index contributed by atoms with van der Waals surface area (Å²) in [7, 11) is 0. The minimum Gasteiger partial charge on any atom is -0.366 e. The summed E-state index contributed by atoms with van der Waals surface area (Å²) < 4.78 is 25.5. The second-order valence-electron chi connectivity index (χ2n) is 5.75. The summed E-state index contributed by atoms with van der Waals surface area (Å²) in [4.78, 5) is 23.2. The van der Waals surface area contributed by atoms with Gasteiger partial charge in [0.1, 0.15) is 0 Å². The number of pyridine rings is 1. The zero-order valence-corrected chi connectivity index (χ0v) is 13.2. The van der Waals surface area contributed by atoms with Crippen molar-refractivity contribution in [1.29, 1.82) is 0 Å². The summed E-state index contributed by atoms with van der Waals surface area (Å²) in [6.45, 7) is 1.23. The number of halogens is 3. The second kappa shape index (κ2) is 5.59. The largest absolute Gasteiger partial charge is 0.366 e. The summed E-state index contributed by atoms with van der Waals surface area (Å²) in [6, 6.07) is 6.22. The fourth-order valence-electron chi connectivity index (χ4n) is 3.04. The molecule has 0 unspecified atom stereocenters. The van der Waals surface area contributed by atoms with Crippen LogP contribution >= 0.6 is 11.6 Å². The predicted octanol–water partition coefficient (Wildman–Crippen LogP) is 3.40. The van der Waals surface area contributed by atoms with Gasteiger partial charge in [0.2, 0.25) is 0 Å². The number of hydrogen-bond acceptors (Lipinski definition) is 3. The number of H-pyrrole nitrogens is 2. The Bertz CT molecular complexity index is 982. The first-order valence-corrected chi connectivity index (χ1v) is 7.82. The lowest BCUT2D eigenvalue weighted by Crippen LogP contribution is -2.31. The molecule has 124 valence electrons. The molecule has 0 fully saturated rings. The Kier molecular flexibility index (Phi) is 3.53. The molecule has 0 spiro atoms. The molecular formula is C16H13ClF2N4O. The van der Waals surface area contributed by atoms with E-state index in [0.717, 1.165) is 16.9 Å². The summed E-state index contributed by atoms with van der Waals surface area (Å²) in [5.74, 6) is 0. The van der Waals surface area contributed by atoms with E-state index in [1.807, 2.05) is 11.0 Å². The fraction of sp³-hybridized carbons (Fsp3) is 0.250. The lowest BCUT2D eigenvalue weighted by Gasteiger charge is -2.31. The average molecular weight is 351 g/mol. The third-order valence-electron chi connectivity index (χ3n) is 4.22. The Hall–Kier alpha value is -2.41. The first kappa shape index (κ1) is 15.1. The fourth-order valence-corrected chi connectivity index (χ4v) is 3.35. The van der Waals surface area contributed by atoms with E-state index in [9.17, 15) is 13.6 Å². The summed E-state index contributed by atoms with van der Waals surface area (Å²) in [5, 5.41) is 0.306. The Morgan fingerprint density at radius 2 is 2.08 bits per heavy atom. The molecule has 4 rings (SSSR count). The minimum atomic E-state index is -2.54. The molecule has 1 aromatic carbocycles. The van der Waals surface area contributed by atoms with Crippen LogP contribution < -0.4 is 10.6 Å². The zero-order valence-electron chi connectivity index (χ0n) is 12.4. The van der Waals surface area contributed by atoms with Crippen molar-refractivity contribution in [3.05, 3.63) is 56.6 Å². The van der Waals surface area contributed by atoms with Crippen LogP contribution in [0.1, 0.15) is 23.2 Å². The van der Waals surface area contributed by atoms with Crippen molar-refractivity contribution in [2.75, 3.05) is 11.4 Å². The van der Waals surface area contributed by atoms with Crippen molar-refractivity contribution in [2.24, 2.45) is 0 Å². The molecule has 3 aromatic rings. The SMILES string of the molecule is O=c1[nH]c2cc3c(nc2[nH]1)CCN(c1ccc(C(F)F)cc1Cl)C3. The first-order valence-electron chi connectivity index (χ1n) is 7.44. The maximum Gasteiger partial charge on any atom is 0.325 e. The Morgan fingerprint density at radius 1 is 1.25 bits per heavy atom. The monoisotopic (exact) mass is 350 g/mol. The first-order chi connectivity index (χ1) is 11.5. The van der Waals surface area contributed by atoms with E-state index >= 15 is 0 Å². The molecule has 3 heterocycles. The maximum absolute atomic E-state index is 12.8. The van der Waals surface area contributed by atoms with E-state index in [-0.39, 0.29) is 11.3 Å². The molecule has 0 bridgehead atoms. The standard InChI is InChI=1S/C16H13ClF2N4O/c17-10-5-8(14(18)19)1-2-13(10)23-4-3-11-9(7-23)6-12-15(20-11)22-16(24)21-12/h1-2,5-6,14H,3-4,7H2,(H2,20,21,22,24). The Labute approximate surface area is 140 Å². The highest BCUT2D eigenvalue weighted by Gasteiger charge is 2.21. The van der Waals surface area contributed by atoms with Crippen LogP contribution in [0, 0.1) is 0 Å². The highest BCUT2D eigenvalue weighted by atomic mass is 35.5. The van der Waals surface area contributed by atoms with Crippen molar-refractivity contribution in [1.82, 2.24) is 15.0 Å². The molecule has 5 nitrogen and oxygen atoms in total. The van der Waals surface area contributed by atoms with Gasteiger partial charge in [0.25, 0.3) is 6.43 Å². The van der Waals surface area contributed by atoms with Gasteiger partial charge in [-0.3, -0.25) is 4.98 Å². The highest BCUT2D eigenvalue weighted by Crippen LogP contribution is 2.33. The van der Waals surface area contributed by atoms with Gasteiger partial charge in [-0.2, -0.15) is 0 Å². The Balaban J connectivity index is 1.68. The van der Waals surface area contributed by atoms with Gasteiger partial charge in [-0.1, -0.05) is 17.7 Å². The number of imidazole rings is 1. The van der Waals surface area contributed by atoms with Gasteiger partial charge in [-0.25, -0.2) is 18.6 Å². The van der Waals surface area contributed by atoms with Crippen LogP contribution in [0.2, 0.25) is 5.02 Å². The third kappa shape index (κ3) is 2.54. The molecule has 24 heavy (non-hydrogen) atoms. The predicted molar refractivity (Wildman–Crippen MR) is 87.9 cm³/mol. The number of fused-ring (bicyclic) bond motifs is 2. The molecule has 0 saturated heterocycles. The summed E-state index contributed by atoms with van der Waals surface area (Å²) in [6.07, 6.45) is -1.85. The molecule has 0 saturated carbocycles. The molecule has 0 amide bonds. The molecule has 0 aliphatic carbocycles. The van der Waals surface area contributed by atoms with E-state index < -0.39 is 6.43 Å². The van der Waals surface area contributed by atoms with E-state index in [0.29, 0.717) is 35.7 Å². The number of aromatic nitrogens is 3. The molecular weight excluding hydrogens is 338 g/mol. The van der Waals surface area contributed by atoms with Crippen molar-refractivity contribution in [3.8, 4) is 0 Å². The minimum absolute atomic E-state index is 0.0885. The maximum atomic E-state index is 12.8. The van der Waals surface area contributed by atoms with Gasteiger partial charge in [0, 0.05) is 30.8 Å². The lowest BCUT2D eigenvalue weighted by atomic mass is 10.0. The van der Waals surface area contributed by atoms with Gasteiger partial charge in [-0.15, -0.1) is 0 Å². The van der Waals surface area contributed by atoms with Crippen molar-refractivity contribution < 1.29 is 8.78 Å². The van der Waals surface area contributed by atoms with Crippen LogP contribution in [-0.2, 0) is 13.0 Å². The molecule has 2 N–H and O–H groups in total. The van der Waals surface area contributed by atoms with Gasteiger partial charge >= 0.3 is 5.69 Å². The molecule has 2 aromatic heterocycles. The van der Waals surface area contributed by atoms with Crippen LogP contribution in [0.15, 0.2) is 29.1 Å². The van der Waals surface area contributed by atoms with E-state index in [4.69, 9.17) is 11.6 Å². The van der Waals surface area contributed by atoms with E-state index in [2.05, 4.69) is 15.0 Å². The van der Waals surface area contributed by atoms with Crippen LogP contribution in [0.3, 0.4) is 0 Å². The van der Waals surface area contributed by atoms with Gasteiger partial charge in [0.15, 0.2) is 5.65 Å². The highest BCUT2D eigenvalue weighted by molar-refractivity contribution is 6.33. The summed E-state index contributed by atoms with van der Waals surface area (Å²) >= 11 is 6.19. The van der Waals surface area contributed by atoms with Crippen molar-refractivity contribution in [3.63, 3.8) is 0 Å². The normalized spacial score (nSPS) is 14.4. The number of anilines is 1. The summed E-state index contributed by atoms with van der Waals surface area (Å²) in [5.41, 5.74) is 3.45. The average Bonchev–Trinajstić information content (AvgIpc) is 2.90. The smallest absolute Gasteiger partial charge is 0.325 e. The van der Waals surface area contributed by atoms with Crippen molar-refractivity contribution >= 4 is 28.5 Å². The molecule has 8 heteroatoms. The number of nitrogens with zero attached hydrogens (tertiary/aromatic N) is 2. The van der Waals surface area contributed by atoms with Crippen LogP contribution in [0.4, 0.5) is 14.5 Å². The van der Waals surface area contributed by atoms with Crippen LogP contribution in [0.5, 0.6) is 0 Å². The molecule has 0 atom stereocenters. The topological polar surface area (TPSA) is 64.8 Å². The zero-order chi connectivity index (χ0) is 16.8. The van der Waals surface area contributed by atoms with E-state index in [1.54, 1.807) is 6.07 Å². The number of rotatable bonds is 2. The number of benzene rings is 1. The van der Waals surface area contributed by atoms with Crippen LogP contribution in [0.25, 0.3) is 11.2 Å². The van der Waals surface area contributed by atoms with Gasteiger partial charge in [-0.05, 0) is 23.8 Å². The quantitative estimate of drug-likeness (QED) is 0.744. The lowest BCUT2D eigenvalue weighted by molar-refractivity contribution is 0.151. The number of alkyl halides is 2. The number of aromatic amines is 2. The Morgan fingerprint density at radius 3 is 2.83 bits per heavy atom. The number of hydrogen-bond donors (Lipinski definition) is 2. The molecule has 1 aliphatic heterocycles. The third-order valence-corrected chi connectivity index (χ3v) is 4.52. The van der Waals surface area contributed by atoms with Crippen LogP contribution in [-0.4, -0.2) is 21.5 Å². The van der Waals surface area contributed by atoms with Gasteiger partial charge < -0.3 is 9.88 Å². The molecule has 1 aliphatic rings. The van der Waals surface area contributed by atoms with E-state index in [1.165, 1.54) is 12.1 Å². The second-order valence-corrected chi connectivity index (χ2v) is 6.16. The van der Waals surface area contributed by atoms with Crippen molar-refractivity contribution in [2.45, 2.75) is 19.4 Å². The number of nitrogens with one attached hydrogen (secondary N) is 2. The van der Waals surface area contributed by atoms with Gasteiger partial charge in [0.05, 0.1) is 16.2 Å². The molecule has 0 radical (unpaired) electrons.